The first-order chi connectivity index (χ1) is 17.9. The van der Waals surface area contributed by atoms with Gasteiger partial charge in [-0.3, -0.25) is 14.4 Å². The summed E-state index contributed by atoms with van der Waals surface area (Å²) in [6.45, 7) is 2.64. The summed E-state index contributed by atoms with van der Waals surface area (Å²) in [5.41, 5.74) is 1.95. The molecule has 37 heavy (non-hydrogen) atoms. The summed E-state index contributed by atoms with van der Waals surface area (Å²) in [5, 5.41) is 0.566. The molecule has 190 valence electrons. The predicted octanol–water partition coefficient (Wildman–Crippen LogP) is 4.37. The average Bonchev–Trinajstić information content (AvgIpc) is 3.48. The molecule has 0 saturated carbocycles. The number of nitrogens with zero attached hydrogens (tertiary/aromatic N) is 2. The summed E-state index contributed by atoms with van der Waals surface area (Å²) in [5.74, 6) is 0.752. The van der Waals surface area contributed by atoms with E-state index in [1.807, 2.05) is 13.0 Å². The number of carbonyl (C=O) groups excluding carboxylic acids is 3. The maximum Gasteiger partial charge on any atom is 0.257 e. The lowest BCUT2D eigenvalue weighted by Gasteiger charge is -2.28. The number of benzene rings is 3. The second kappa shape index (κ2) is 10.5. The average molecular weight is 521 g/mol. The molecular formula is C28H25ClN2O6. The van der Waals surface area contributed by atoms with Gasteiger partial charge in [-0.25, -0.2) is 4.90 Å². The summed E-state index contributed by atoms with van der Waals surface area (Å²) in [6.07, 6.45) is -0.0499. The summed E-state index contributed by atoms with van der Waals surface area (Å²) < 4.78 is 16.3. The first-order valence-electron chi connectivity index (χ1n) is 11.9. The van der Waals surface area contributed by atoms with Crippen molar-refractivity contribution in [2.45, 2.75) is 32.4 Å². The molecule has 3 amide bonds. The molecule has 2 aliphatic rings. The van der Waals surface area contributed by atoms with E-state index in [4.69, 9.17) is 25.8 Å². The normalized spacial score (nSPS) is 16.3. The Labute approximate surface area is 219 Å². The molecule has 0 aliphatic carbocycles. The van der Waals surface area contributed by atoms with Crippen LogP contribution in [0.2, 0.25) is 5.02 Å². The van der Waals surface area contributed by atoms with Crippen LogP contribution >= 0.6 is 11.6 Å². The SMILES string of the molecule is CCOc1ccc(N2C(=O)CC(N(Cc3ccc4c(c3)OCO4)C(=O)Cc3ccc(Cl)cc3)C2=O)cc1. The number of rotatable bonds is 8. The van der Waals surface area contributed by atoms with Crippen molar-refractivity contribution < 1.29 is 28.6 Å². The number of anilines is 1. The van der Waals surface area contributed by atoms with Crippen molar-refractivity contribution in [3.63, 3.8) is 0 Å². The molecule has 9 heteroatoms. The van der Waals surface area contributed by atoms with Gasteiger partial charge in [-0.2, -0.15) is 0 Å². The number of hydrogen-bond acceptors (Lipinski definition) is 6. The number of carbonyl (C=O) groups is 3. The zero-order chi connectivity index (χ0) is 25.9. The molecule has 1 atom stereocenters. The Hall–Kier alpha value is -4.04. The zero-order valence-corrected chi connectivity index (χ0v) is 20.9. The first-order valence-corrected chi connectivity index (χ1v) is 12.3. The minimum absolute atomic E-state index is 0.0583. The molecule has 0 bridgehead atoms. The van der Waals surface area contributed by atoms with E-state index in [2.05, 4.69) is 0 Å². The van der Waals surface area contributed by atoms with Crippen LogP contribution in [0.3, 0.4) is 0 Å². The maximum atomic E-state index is 13.6. The molecule has 1 fully saturated rings. The molecule has 2 aliphatic heterocycles. The highest BCUT2D eigenvalue weighted by atomic mass is 35.5. The fraction of sp³-hybridized carbons (Fsp3) is 0.250. The molecule has 3 aromatic carbocycles. The van der Waals surface area contributed by atoms with Crippen molar-refractivity contribution in [2.24, 2.45) is 0 Å². The lowest BCUT2D eigenvalue weighted by Crippen LogP contribution is -2.45. The van der Waals surface area contributed by atoms with E-state index in [1.165, 1.54) is 4.90 Å². The third-order valence-electron chi connectivity index (χ3n) is 6.28. The standard InChI is InChI=1S/C28H25ClN2O6/c1-2-35-22-10-8-21(9-11-22)31-27(33)15-23(28(31)34)30(26(32)14-18-3-6-20(29)7-4-18)16-19-5-12-24-25(13-19)37-17-36-24/h3-13,23H,2,14-17H2,1H3. The van der Waals surface area contributed by atoms with Crippen LogP contribution in [0.5, 0.6) is 17.2 Å². The number of halogens is 1. The number of hydrogen-bond donors (Lipinski definition) is 0. The van der Waals surface area contributed by atoms with E-state index < -0.39 is 11.9 Å². The molecule has 3 aromatic rings. The topological polar surface area (TPSA) is 85.4 Å². The van der Waals surface area contributed by atoms with Gasteiger partial charge in [0.15, 0.2) is 11.5 Å². The lowest BCUT2D eigenvalue weighted by atomic mass is 10.1. The third kappa shape index (κ3) is 5.24. The van der Waals surface area contributed by atoms with Crippen LogP contribution in [-0.4, -0.2) is 42.1 Å². The zero-order valence-electron chi connectivity index (χ0n) is 20.2. The fourth-order valence-corrected chi connectivity index (χ4v) is 4.60. The van der Waals surface area contributed by atoms with E-state index >= 15 is 0 Å². The van der Waals surface area contributed by atoms with Crippen LogP contribution in [0.1, 0.15) is 24.5 Å². The molecule has 1 saturated heterocycles. The Kier molecular flexibility index (Phi) is 7.01. The minimum atomic E-state index is -0.940. The molecule has 1 unspecified atom stereocenters. The monoisotopic (exact) mass is 520 g/mol. The molecule has 0 spiro atoms. The van der Waals surface area contributed by atoms with Crippen LogP contribution < -0.4 is 19.1 Å². The van der Waals surface area contributed by atoms with Gasteiger partial charge in [0.25, 0.3) is 5.91 Å². The van der Waals surface area contributed by atoms with Crippen LogP contribution in [-0.2, 0) is 27.3 Å². The largest absolute Gasteiger partial charge is 0.494 e. The molecule has 2 heterocycles. The molecule has 8 nitrogen and oxygen atoms in total. The van der Waals surface area contributed by atoms with Crippen LogP contribution in [0.25, 0.3) is 0 Å². The van der Waals surface area contributed by atoms with Gasteiger partial charge < -0.3 is 19.1 Å². The van der Waals surface area contributed by atoms with Gasteiger partial charge in [0.05, 0.1) is 25.1 Å². The lowest BCUT2D eigenvalue weighted by molar-refractivity contribution is -0.138. The van der Waals surface area contributed by atoms with Gasteiger partial charge in [-0.1, -0.05) is 29.8 Å². The van der Waals surface area contributed by atoms with Crippen molar-refractivity contribution >= 4 is 35.0 Å². The summed E-state index contributed by atoms with van der Waals surface area (Å²) >= 11 is 5.99. The van der Waals surface area contributed by atoms with Gasteiger partial charge in [0, 0.05) is 11.6 Å². The third-order valence-corrected chi connectivity index (χ3v) is 6.54. The minimum Gasteiger partial charge on any atom is -0.494 e. The van der Waals surface area contributed by atoms with Gasteiger partial charge >= 0.3 is 0 Å². The maximum absolute atomic E-state index is 13.6. The Morgan fingerprint density at radius 2 is 1.70 bits per heavy atom. The highest BCUT2D eigenvalue weighted by Crippen LogP contribution is 2.34. The van der Waals surface area contributed by atoms with Crippen molar-refractivity contribution in [3.05, 3.63) is 82.9 Å². The molecule has 0 N–H and O–H groups in total. The van der Waals surface area contributed by atoms with Gasteiger partial charge in [0.2, 0.25) is 18.6 Å². The van der Waals surface area contributed by atoms with E-state index in [0.29, 0.717) is 34.6 Å². The Balaban J connectivity index is 1.42. The Bertz CT molecular complexity index is 1330. The van der Waals surface area contributed by atoms with E-state index in [0.717, 1.165) is 16.0 Å². The van der Waals surface area contributed by atoms with Gasteiger partial charge in [-0.05, 0) is 66.6 Å². The van der Waals surface area contributed by atoms with Gasteiger partial charge in [-0.15, -0.1) is 0 Å². The van der Waals surface area contributed by atoms with Crippen molar-refractivity contribution in [3.8, 4) is 17.2 Å². The molecule has 5 rings (SSSR count). The van der Waals surface area contributed by atoms with E-state index in [-0.39, 0.29) is 38.0 Å². The highest BCUT2D eigenvalue weighted by Gasteiger charge is 2.44. The second-order valence-electron chi connectivity index (χ2n) is 8.73. The van der Waals surface area contributed by atoms with E-state index in [9.17, 15) is 14.4 Å². The quantitative estimate of drug-likeness (QED) is 0.410. The number of imide groups is 1. The first kappa shape index (κ1) is 24.6. The number of fused-ring (bicyclic) bond motifs is 1. The van der Waals surface area contributed by atoms with Crippen LogP contribution in [0, 0.1) is 0 Å². The van der Waals surface area contributed by atoms with E-state index in [1.54, 1.807) is 60.7 Å². The van der Waals surface area contributed by atoms with Crippen molar-refractivity contribution in [1.29, 1.82) is 0 Å². The molecule has 0 aromatic heterocycles. The highest BCUT2D eigenvalue weighted by molar-refractivity contribution is 6.30. The second-order valence-corrected chi connectivity index (χ2v) is 9.16. The Morgan fingerprint density at radius 1 is 1.00 bits per heavy atom. The molecular weight excluding hydrogens is 496 g/mol. The smallest absolute Gasteiger partial charge is 0.257 e. The van der Waals surface area contributed by atoms with Crippen molar-refractivity contribution in [1.82, 2.24) is 4.90 Å². The summed E-state index contributed by atoms with van der Waals surface area (Å²) in [4.78, 5) is 42.8. The number of ether oxygens (including phenoxy) is 3. The predicted molar refractivity (Wildman–Crippen MR) is 137 cm³/mol. The Morgan fingerprint density at radius 3 is 2.43 bits per heavy atom. The summed E-state index contributed by atoms with van der Waals surface area (Å²) in [6, 6.07) is 18.2. The summed E-state index contributed by atoms with van der Waals surface area (Å²) in [7, 11) is 0. The number of amides is 3. The van der Waals surface area contributed by atoms with Crippen LogP contribution in [0.4, 0.5) is 5.69 Å². The van der Waals surface area contributed by atoms with Gasteiger partial charge in [0.1, 0.15) is 11.8 Å². The van der Waals surface area contributed by atoms with Crippen molar-refractivity contribution in [2.75, 3.05) is 18.3 Å². The fourth-order valence-electron chi connectivity index (χ4n) is 4.48. The van der Waals surface area contributed by atoms with Crippen LogP contribution in [0.15, 0.2) is 66.7 Å². The molecule has 0 radical (unpaired) electrons.